The van der Waals surface area contributed by atoms with Crippen molar-refractivity contribution in [1.82, 2.24) is 0 Å². The van der Waals surface area contributed by atoms with Gasteiger partial charge in [0.15, 0.2) is 0 Å². The van der Waals surface area contributed by atoms with E-state index in [2.05, 4.69) is 5.32 Å². The Morgan fingerprint density at radius 1 is 1.10 bits per heavy atom. The van der Waals surface area contributed by atoms with Gasteiger partial charge >= 0.3 is 6.18 Å². The highest BCUT2D eigenvalue weighted by atomic mass is 19.4. The first kappa shape index (κ1) is 21.2. The van der Waals surface area contributed by atoms with Crippen molar-refractivity contribution in [2.45, 2.75) is 38.3 Å². The van der Waals surface area contributed by atoms with Gasteiger partial charge in [0.25, 0.3) is 0 Å². The molecule has 0 atom stereocenters. The second kappa shape index (κ2) is 7.90. The fourth-order valence-electron chi connectivity index (χ4n) is 4.64. The molecule has 5 nitrogen and oxygen atoms in total. The highest BCUT2D eigenvalue weighted by molar-refractivity contribution is 5.97. The molecule has 2 aromatic rings. The zero-order chi connectivity index (χ0) is 22.2. The lowest BCUT2D eigenvalue weighted by atomic mass is 9.69. The number of halogens is 3. The zero-order valence-electron chi connectivity index (χ0n) is 16.9. The second-order valence-corrected chi connectivity index (χ2v) is 8.56. The molecule has 1 aliphatic carbocycles. The van der Waals surface area contributed by atoms with Crippen LogP contribution in [-0.4, -0.2) is 18.4 Å². The van der Waals surface area contributed by atoms with Crippen LogP contribution < -0.4 is 16.0 Å². The van der Waals surface area contributed by atoms with Gasteiger partial charge in [0.2, 0.25) is 11.8 Å². The molecule has 1 spiro atoms. The summed E-state index contributed by atoms with van der Waals surface area (Å²) in [5.74, 6) is -0.559. The predicted octanol–water partition coefficient (Wildman–Crippen LogP) is 4.84. The summed E-state index contributed by atoms with van der Waals surface area (Å²) in [6.07, 6.45) is -1.45. The molecule has 0 bridgehead atoms. The number of anilines is 3. The Morgan fingerprint density at radius 2 is 1.77 bits per heavy atom. The lowest BCUT2D eigenvalue weighted by Gasteiger charge is -2.36. The van der Waals surface area contributed by atoms with Crippen molar-refractivity contribution in [3.63, 3.8) is 0 Å². The minimum absolute atomic E-state index is 0.0218. The summed E-state index contributed by atoms with van der Waals surface area (Å²) in [5, 5.41) is 2.57. The summed E-state index contributed by atoms with van der Waals surface area (Å²) in [6, 6.07) is 12.4. The Balaban J connectivity index is 1.39. The Morgan fingerprint density at radius 3 is 2.42 bits per heavy atom. The first-order valence-corrected chi connectivity index (χ1v) is 10.3. The van der Waals surface area contributed by atoms with E-state index >= 15 is 0 Å². The van der Waals surface area contributed by atoms with Crippen molar-refractivity contribution >= 4 is 28.9 Å². The standard InChI is InChI=1S/C23H24F3N3O2/c24-23(25,26)16-6-7-18(27)19(12-16)28-21(31)15-8-10-22(11-9-15)13-20(30)29(14-22)17-4-2-1-3-5-17/h1-7,12,15H,8-11,13-14,27H2,(H,28,31). The maximum atomic E-state index is 13.0. The van der Waals surface area contributed by atoms with Crippen molar-refractivity contribution < 1.29 is 22.8 Å². The first-order valence-electron chi connectivity index (χ1n) is 10.3. The van der Waals surface area contributed by atoms with Crippen molar-refractivity contribution in [3.8, 4) is 0 Å². The van der Waals surface area contributed by atoms with Crippen molar-refractivity contribution in [1.29, 1.82) is 0 Å². The fourth-order valence-corrected chi connectivity index (χ4v) is 4.64. The number of amides is 2. The molecule has 1 saturated heterocycles. The predicted molar refractivity (Wildman–Crippen MR) is 112 cm³/mol. The van der Waals surface area contributed by atoms with E-state index in [4.69, 9.17) is 5.73 Å². The number of carbonyl (C=O) groups is 2. The van der Waals surface area contributed by atoms with Gasteiger partial charge in [-0.2, -0.15) is 13.2 Å². The van der Waals surface area contributed by atoms with Crippen LogP contribution in [0.15, 0.2) is 48.5 Å². The van der Waals surface area contributed by atoms with Gasteiger partial charge in [0.1, 0.15) is 0 Å². The highest BCUT2D eigenvalue weighted by Gasteiger charge is 2.46. The number of para-hydroxylation sites is 1. The number of nitrogens with one attached hydrogen (secondary N) is 1. The lowest BCUT2D eigenvalue weighted by Crippen LogP contribution is -2.35. The number of nitrogens with two attached hydrogens (primary N) is 1. The lowest BCUT2D eigenvalue weighted by molar-refractivity contribution is -0.137. The van der Waals surface area contributed by atoms with E-state index in [1.165, 1.54) is 0 Å². The van der Waals surface area contributed by atoms with Crippen LogP contribution in [0.2, 0.25) is 0 Å². The van der Waals surface area contributed by atoms with Gasteiger partial charge in [0.05, 0.1) is 16.9 Å². The molecule has 2 aliphatic rings. The molecule has 3 N–H and O–H groups in total. The van der Waals surface area contributed by atoms with Gasteiger partial charge in [-0.1, -0.05) is 18.2 Å². The van der Waals surface area contributed by atoms with Gasteiger partial charge in [-0.25, -0.2) is 0 Å². The average molecular weight is 431 g/mol. The van der Waals surface area contributed by atoms with Crippen molar-refractivity contribution in [2.24, 2.45) is 11.3 Å². The number of hydrogen-bond donors (Lipinski definition) is 2. The van der Waals surface area contributed by atoms with Crippen LogP contribution in [-0.2, 0) is 15.8 Å². The number of carbonyl (C=O) groups excluding carboxylic acids is 2. The van der Waals surface area contributed by atoms with E-state index in [9.17, 15) is 22.8 Å². The van der Waals surface area contributed by atoms with Crippen LogP contribution >= 0.6 is 0 Å². The molecule has 4 rings (SSSR count). The number of benzene rings is 2. The van der Waals surface area contributed by atoms with Gasteiger partial charge in [-0.15, -0.1) is 0 Å². The molecule has 0 radical (unpaired) electrons. The number of alkyl halides is 3. The Labute approximate surface area is 178 Å². The summed E-state index contributed by atoms with van der Waals surface area (Å²) >= 11 is 0. The molecular formula is C23H24F3N3O2. The number of nitrogens with zero attached hydrogens (tertiary/aromatic N) is 1. The number of hydrogen-bond acceptors (Lipinski definition) is 3. The number of nitrogen functional groups attached to an aromatic ring is 1. The molecule has 2 fully saturated rings. The second-order valence-electron chi connectivity index (χ2n) is 8.56. The van der Waals surface area contributed by atoms with Crippen molar-refractivity contribution in [3.05, 3.63) is 54.1 Å². The third-order valence-corrected chi connectivity index (χ3v) is 6.44. The smallest absolute Gasteiger partial charge is 0.397 e. The third kappa shape index (κ3) is 4.38. The van der Waals surface area contributed by atoms with Crippen LogP contribution in [0.4, 0.5) is 30.2 Å². The van der Waals surface area contributed by atoms with Gasteiger partial charge < -0.3 is 16.0 Å². The average Bonchev–Trinajstić information content (AvgIpc) is 3.05. The van der Waals surface area contributed by atoms with E-state index in [0.717, 1.165) is 36.7 Å². The molecule has 0 aromatic heterocycles. The van der Waals surface area contributed by atoms with E-state index in [0.29, 0.717) is 25.8 Å². The molecular weight excluding hydrogens is 407 g/mol. The summed E-state index contributed by atoms with van der Waals surface area (Å²) < 4.78 is 38.9. The van der Waals surface area contributed by atoms with Gasteiger partial charge in [-0.05, 0) is 61.4 Å². The number of rotatable bonds is 3. The largest absolute Gasteiger partial charge is 0.416 e. The van der Waals surface area contributed by atoms with Crippen LogP contribution in [0.3, 0.4) is 0 Å². The van der Waals surface area contributed by atoms with Crippen LogP contribution in [0, 0.1) is 11.3 Å². The van der Waals surface area contributed by atoms with E-state index in [1.54, 1.807) is 0 Å². The Kier molecular flexibility index (Phi) is 5.41. The minimum Gasteiger partial charge on any atom is -0.397 e. The summed E-state index contributed by atoms with van der Waals surface area (Å²) in [6.45, 7) is 0.630. The Bertz CT molecular complexity index is 983. The van der Waals surface area contributed by atoms with Crippen LogP contribution in [0.25, 0.3) is 0 Å². The first-order chi connectivity index (χ1) is 14.7. The molecule has 8 heteroatoms. The molecule has 2 aromatic carbocycles. The van der Waals surface area contributed by atoms with E-state index in [-0.39, 0.29) is 34.5 Å². The normalized spacial score (nSPS) is 23.9. The van der Waals surface area contributed by atoms with Gasteiger partial charge in [-0.3, -0.25) is 9.59 Å². The van der Waals surface area contributed by atoms with E-state index in [1.807, 2.05) is 35.2 Å². The molecule has 1 saturated carbocycles. The SMILES string of the molecule is Nc1ccc(C(F)(F)F)cc1NC(=O)C1CCC2(CC1)CC(=O)N(c1ccccc1)C2. The molecule has 2 amide bonds. The highest BCUT2D eigenvalue weighted by Crippen LogP contribution is 2.47. The summed E-state index contributed by atoms with van der Waals surface area (Å²) in [5.41, 5.74) is 5.70. The Hall–Kier alpha value is -3.03. The van der Waals surface area contributed by atoms with Gasteiger partial charge in [0, 0.05) is 24.6 Å². The topological polar surface area (TPSA) is 75.4 Å². The molecule has 1 heterocycles. The van der Waals surface area contributed by atoms with Crippen LogP contribution in [0.1, 0.15) is 37.7 Å². The van der Waals surface area contributed by atoms with E-state index < -0.39 is 11.7 Å². The van der Waals surface area contributed by atoms with Crippen molar-refractivity contribution in [2.75, 3.05) is 22.5 Å². The fraction of sp³-hybridized carbons (Fsp3) is 0.391. The molecule has 31 heavy (non-hydrogen) atoms. The molecule has 1 aliphatic heterocycles. The maximum Gasteiger partial charge on any atom is 0.416 e. The summed E-state index contributed by atoms with van der Waals surface area (Å²) in [7, 11) is 0. The van der Waals surface area contributed by atoms with Crippen LogP contribution in [0.5, 0.6) is 0 Å². The maximum absolute atomic E-state index is 13.0. The molecule has 164 valence electrons. The zero-order valence-corrected chi connectivity index (χ0v) is 16.9. The third-order valence-electron chi connectivity index (χ3n) is 6.44. The quantitative estimate of drug-likeness (QED) is 0.683. The minimum atomic E-state index is -4.51. The molecule has 0 unspecified atom stereocenters. The summed E-state index contributed by atoms with van der Waals surface area (Å²) in [4.78, 5) is 27.1. The monoisotopic (exact) mass is 431 g/mol.